The predicted octanol–water partition coefficient (Wildman–Crippen LogP) is -1.70. The van der Waals surface area contributed by atoms with Gasteiger partial charge in [-0.3, -0.25) is 0 Å². The quantitative estimate of drug-likeness (QED) is 0.444. The SMILES string of the molecule is C[I-]c1ccc2c(c1)OCO2. The van der Waals surface area contributed by atoms with Crippen LogP contribution in [0, 0.1) is 3.57 Å². The van der Waals surface area contributed by atoms with E-state index in [1.807, 2.05) is 6.07 Å². The van der Waals surface area contributed by atoms with E-state index < -0.39 is 0 Å². The molecule has 0 fully saturated rings. The first-order valence-electron chi connectivity index (χ1n) is 3.29. The van der Waals surface area contributed by atoms with Crippen LogP contribution in [0.2, 0.25) is 0 Å². The van der Waals surface area contributed by atoms with Gasteiger partial charge in [0.2, 0.25) is 0 Å². The van der Waals surface area contributed by atoms with Gasteiger partial charge in [0.1, 0.15) is 0 Å². The average molecular weight is 263 g/mol. The third-order valence-electron chi connectivity index (χ3n) is 1.55. The zero-order valence-electron chi connectivity index (χ0n) is 6.13. The van der Waals surface area contributed by atoms with E-state index in [1.54, 1.807) is 0 Å². The van der Waals surface area contributed by atoms with Crippen molar-refractivity contribution in [3.8, 4) is 11.5 Å². The fourth-order valence-electron chi connectivity index (χ4n) is 0.988. The van der Waals surface area contributed by atoms with Gasteiger partial charge in [-0.15, -0.1) is 0 Å². The molecule has 0 aliphatic carbocycles. The molecule has 1 heterocycles. The molecule has 0 bridgehead atoms. The van der Waals surface area contributed by atoms with E-state index in [0.717, 1.165) is 11.5 Å². The van der Waals surface area contributed by atoms with Crippen LogP contribution >= 0.6 is 0 Å². The number of fused-ring (bicyclic) bond motifs is 1. The van der Waals surface area contributed by atoms with Crippen LogP contribution in [0.1, 0.15) is 0 Å². The van der Waals surface area contributed by atoms with Crippen molar-refractivity contribution in [1.82, 2.24) is 0 Å². The summed E-state index contributed by atoms with van der Waals surface area (Å²) in [4.78, 5) is 2.23. The van der Waals surface area contributed by atoms with Crippen LogP contribution in [-0.4, -0.2) is 11.7 Å². The number of alkyl halides is 1. The average Bonchev–Trinajstić information content (AvgIpc) is 2.50. The molecule has 1 aliphatic rings. The predicted molar refractivity (Wildman–Crippen MR) is 37.2 cm³/mol. The van der Waals surface area contributed by atoms with Crippen molar-refractivity contribution >= 4 is 0 Å². The van der Waals surface area contributed by atoms with Gasteiger partial charge in [0, 0.05) is 0 Å². The Morgan fingerprint density at radius 1 is 1.27 bits per heavy atom. The summed E-state index contributed by atoms with van der Waals surface area (Å²) in [5.41, 5.74) is 0. The number of rotatable bonds is 1. The van der Waals surface area contributed by atoms with Crippen LogP contribution in [0.3, 0.4) is 0 Å². The maximum atomic E-state index is 5.24. The van der Waals surface area contributed by atoms with Crippen LogP contribution in [0.4, 0.5) is 0 Å². The third kappa shape index (κ3) is 1.29. The molecule has 0 amide bonds. The fourth-order valence-corrected chi connectivity index (χ4v) is 2.12. The van der Waals surface area contributed by atoms with Crippen LogP contribution < -0.4 is 30.7 Å². The number of benzene rings is 1. The molecular weight excluding hydrogens is 255 g/mol. The van der Waals surface area contributed by atoms with E-state index in [9.17, 15) is 0 Å². The molecule has 1 aromatic carbocycles. The normalized spacial score (nSPS) is 13.9. The van der Waals surface area contributed by atoms with Crippen LogP contribution in [0.15, 0.2) is 18.2 Å². The first-order valence-corrected chi connectivity index (χ1v) is 6.53. The maximum absolute atomic E-state index is 5.24. The monoisotopic (exact) mass is 263 g/mol. The van der Waals surface area contributed by atoms with Crippen molar-refractivity contribution in [2.24, 2.45) is 0 Å². The topological polar surface area (TPSA) is 18.5 Å². The summed E-state index contributed by atoms with van der Waals surface area (Å²) in [6, 6.07) is 6.18. The first-order chi connectivity index (χ1) is 5.40. The Balaban J connectivity index is 2.41. The van der Waals surface area contributed by atoms with Gasteiger partial charge in [-0.2, -0.15) is 0 Å². The zero-order valence-corrected chi connectivity index (χ0v) is 8.29. The molecule has 0 N–H and O–H groups in total. The zero-order chi connectivity index (χ0) is 7.68. The van der Waals surface area contributed by atoms with E-state index in [2.05, 4.69) is 17.1 Å². The molecular formula is C8H8IO2-. The van der Waals surface area contributed by atoms with Crippen LogP contribution in [0.5, 0.6) is 11.5 Å². The van der Waals surface area contributed by atoms with Crippen molar-refractivity contribution in [2.45, 2.75) is 0 Å². The number of ether oxygens (including phenoxy) is 2. The number of hydrogen-bond donors (Lipinski definition) is 0. The second-order valence-corrected chi connectivity index (χ2v) is 4.51. The second kappa shape index (κ2) is 2.89. The van der Waals surface area contributed by atoms with Gasteiger partial charge in [0.15, 0.2) is 0 Å². The summed E-state index contributed by atoms with van der Waals surface area (Å²) >= 11 is 0.166. The number of halogens is 1. The van der Waals surface area contributed by atoms with Crippen LogP contribution in [0.25, 0.3) is 0 Å². The molecule has 2 rings (SSSR count). The molecule has 0 atom stereocenters. The van der Waals surface area contributed by atoms with Gasteiger partial charge in [-0.1, -0.05) is 0 Å². The second-order valence-electron chi connectivity index (χ2n) is 2.19. The molecule has 3 heteroatoms. The molecule has 0 unspecified atom stereocenters. The van der Waals surface area contributed by atoms with Crippen molar-refractivity contribution in [2.75, 3.05) is 11.7 Å². The Bertz CT molecular complexity index is 273. The fraction of sp³-hybridized carbons (Fsp3) is 0.250. The van der Waals surface area contributed by atoms with E-state index in [4.69, 9.17) is 9.47 Å². The summed E-state index contributed by atoms with van der Waals surface area (Å²) in [6.07, 6.45) is 0. The molecule has 1 aliphatic heterocycles. The van der Waals surface area contributed by atoms with Crippen molar-refractivity contribution in [1.29, 1.82) is 0 Å². The minimum absolute atomic E-state index is 0.166. The summed E-state index contributed by atoms with van der Waals surface area (Å²) in [7, 11) is 0. The molecule has 0 spiro atoms. The number of hydrogen-bond acceptors (Lipinski definition) is 2. The summed E-state index contributed by atoms with van der Waals surface area (Å²) in [5, 5.41) is 0. The Hall–Kier alpha value is -0.450. The molecule has 60 valence electrons. The summed E-state index contributed by atoms with van der Waals surface area (Å²) in [5.74, 6) is 1.79. The molecule has 0 aromatic heterocycles. The molecule has 0 saturated carbocycles. The summed E-state index contributed by atoms with van der Waals surface area (Å²) in [6.45, 7) is 0.376. The Labute approximate surface area is 75.8 Å². The van der Waals surface area contributed by atoms with E-state index in [0.29, 0.717) is 6.79 Å². The van der Waals surface area contributed by atoms with Gasteiger partial charge in [0.25, 0.3) is 0 Å². The molecule has 1 aromatic rings. The van der Waals surface area contributed by atoms with Crippen molar-refractivity contribution < 1.29 is 30.7 Å². The van der Waals surface area contributed by atoms with Gasteiger partial charge in [-0.05, 0) is 0 Å². The van der Waals surface area contributed by atoms with Crippen molar-refractivity contribution in [3.63, 3.8) is 0 Å². The van der Waals surface area contributed by atoms with E-state index in [1.165, 1.54) is 3.57 Å². The molecule has 0 radical (unpaired) electrons. The standard InChI is InChI=1S/C8H8IO2/c1-9-6-2-3-7-8(4-6)11-5-10-7/h2-4H,5H2,1H3/q-1. The molecule has 0 saturated heterocycles. The first kappa shape index (κ1) is 7.21. The van der Waals surface area contributed by atoms with Gasteiger partial charge in [-0.25, -0.2) is 0 Å². The van der Waals surface area contributed by atoms with Gasteiger partial charge in [0.05, 0.1) is 0 Å². The Kier molecular flexibility index (Phi) is 1.89. The van der Waals surface area contributed by atoms with E-state index in [-0.39, 0.29) is 21.2 Å². The molecule has 11 heavy (non-hydrogen) atoms. The molecule has 2 nitrogen and oxygen atoms in total. The van der Waals surface area contributed by atoms with E-state index >= 15 is 0 Å². The van der Waals surface area contributed by atoms with Gasteiger partial charge < -0.3 is 0 Å². The Morgan fingerprint density at radius 2 is 2.09 bits per heavy atom. The van der Waals surface area contributed by atoms with Crippen molar-refractivity contribution in [3.05, 3.63) is 21.8 Å². The van der Waals surface area contributed by atoms with Crippen LogP contribution in [-0.2, 0) is 0 Å². The summed E-state index contributed by atoms with van der Waals surface area (Å²) < 4.78 is 11.8. The van der Waals surface area contributed by atoms with Gasteiger partial charge >= 0.3 is 75.7 Å². The Morgan fingerprint density at radius 3 is 2.91 bits per heavy atom. The minimum atomic E-state index is 0.166. The third-order valence-corrected chi connectivity index (χ3v) is 3.47.